The summed E-state index contributed by atoms with van der Waals surface area (Å²) >= 11 is 0. The van der Waals surface area contributed by atoms with E-state index in [1.165, 1.54) is 30.6 Å². The Kier molecular flexibility index (Phi) is 4.89. The van der Waals surface area contributed by atoms with Gasteiger partial charge in [0.15, 0.2) is 0 Å². The summed E-state index contributed by atoms with van der Waals surface area (Å²) in [6.07, 6.45) is 6.19. The molecule has 5 heteroatoms. The van der Waals surface area contributed by atoms with E-state index in [9.17, 15) is 9.59 Å². The van der Waals surface area contributed by atoms with Crippen molar-refractivity contribution >= 4 is 12.0 Å². The fourth-order valence-corrected chi connectivity index (χ4v) is 3.57. The molecule has 5 nitrogen and oxygen atoms in total. The number of carboxylic acids is 1. The predicted octanol–water partition coefficient (Wildman–Crippen LogP) is 2.41. The second kappa shape index (κ2) is 6.46. The lowest BCUT2D eigenvalue weighted by Crippen LogP contribution is -2.53. The summed E-state index contributed by atoms with van der Waals surface area (Å²) in [5.41, 5.74) is 0. The molecule has 0 aromatic heterocycles. The van der Waals surface area contributed by atoms with Gasteiger partial charge < -0.3 is 14.9 Å². The maximum absolute atomic E-state index is 12.5. The minimum Gasteiger partial charge on any atom is -0.480 e. The van der Waals surface area contributed by atoms with Gasteiger partial charge in [0.1, 0.15) is 6.54 Å². The van der Waals surface area contributed by atoms with E-state index in [1.54, 1.807) is 0 Å². The largest absolute Gasteiger partial charge is 0.480 e. The molecule has 0 spiro atoms. The van der Waals surface area contributed by atoms with Gasteiger partial charge in [-0.3, -0.25) is 4.79 Å². The van der Waals surface area contributed by atoms with Gasteiger partial charge in [-0.2, -0.15) is 0 Å². The quantitative estimate of drug-likeness (QED) is 0.864. The van der Waals surface area contributed by atoms with Crippen LogP contribution in [-0.2, 0) is 4.79 Å². The second-order valence-electron chi connectivity index (χ2n) is 6.44. The van der Waals surface area contributed by atoms with E-state index in [2.05, 4.69) is 0 Å². The lowest BCUT2D eigenvalue weighted by molar-refractivity contribution is -0.138. The summed E-state index contributed by atoms with van der Waals surface area (Å²) in [6, 6.07) is -0.186. The summed E-state index contributed by atoms with van der Waals surface area (Å²) in [6.45, 7) is 5.12. The highest BCUT2D eigenvalue weighted by Crippen LogP contribution is 2.36. The van der Waals surface area contributed by atoms with Gasteiger partial charge in [-0.25, -0.2) is 4.79 Å². The van der Waals surface area contributed by atoms with E-state index in [1.807, 2.05) is 18.7 Å². The number of carbonyl (C=O) groups is 2. The van der Waals surface area contributed by atoms with Gasteiger partial charge in [0, 0.05) is 19.1 Å². The normalized spacial score (nSPS) is 26.2. The summed E-state index contributed by atoms with van der Waals surface area (Å²) in [5, 5.41) is 8.96. The molecule has 0 aromatic rings. The molecule has 1 saturated carbocycles. The first-order valence-electron chi connectivity index (χ1n) is 7.76. The van der Waals surface area contributed by atoms with Crippen LogP contribution in [0.1, 0.15) is 46.0 Å². The topological polar surface area (TPSA) is 60.9 Å². The number of hydrogen-bond acceptors (Lipinski definition) is 2. The maximum atomic E-state index is 12.5. The standard InChI is InChI=1S/C15H26N2O3/c1-11(2)17(10-14(18)19)15(20)16-8-7-12-5-3-4-6-13(12)9-16/h11-13H,3-10H2,1-2H3,(H,18,19). The molecule has 2 rings (SSSR count). The van der Waals surface area contributed by atoms with E-state index in [4.69, 9.17) is 5.11 Å². The number of hydrogen-bond donors (Lipinski definition) is 1. The number of likely N-dealkylation sites (tertiary alicyclic amines) is 1. The number of fused-ring (bicyclic) bond motifs is 1. The molecular weight excluding hydrogens is 256 g/mol. The smallest absolute Gasteiger partial charge is 0.323 e. The Morgan fingerprint density at radius 1 is 1.20 bits per heavy atom. The van der Waals surface area contributed by atoms with Gasteiger partial charge in [-0.05, 0) is 38.5 Å². The predicted molar refractivity (Wildman–Crippen MR) is 76.5 cm³/mol. The number of carboxylic acid groups (broad SMARTS) is 1. The molecule has 2 fully saturated rings. The summed E-state index contributed by atoms with van der Waals surface area (Å²) < 4.78 is 0. The number of aliphatic carboxylic acids is 1. The zero-order valence-electron chi connectivity index (χ0n) is 12.5. The molecule has 114 valence electrons. The van der Waals surface area contributed by atoms with Gasteiger partial charge in [-0.1, -0.05) is 19.3 Å². The van der Waals surface area contributed by atoms with Crippen molar-refractivity contribution in [3.63, 3.8) is 0 Å². The second-order valence-corrected chi connectivity index (χ2v) is 6.44. The van der Waals surface area contributed by atoms with Crippen molar-refractivity contribution in [2.24, 2.45) is 11.8 Å². The Morgan fingerprint density at radius 2 is 1.85 bits per heavy atom. The molecule has 1 aliphatic carbocycles. The van der Waals surface area contributed by atoms with E-state index in [0.29, 0.717) is 5.92 Å². The van der Waals surface area contributed by atoms with Crippen LogP contribution in [0.3, 0.4) is 0 Å². The molecule has 2 unspecified atom stereocenters. The summed E-state index contributed by atoms with van der Waals surface area (Å²) in [7, 11) is 0. The lowest BCUT2D eigenvalue weighted by atomic mass is 9.75. The van der Waals surface area contributed by atoms with Gasteiger partial charge in [0.05, 0.1) is 0 Å². The monoisotopic (exact) mass is 282 g/mol. The molecule has 0 bridgehead atoms. The Balaban J connectivity index is 1.98. The number of carbonyl (C=O) groups excluding carboxylic acids is 1. The zero-order chi connectivity index (χ0) is 14.7. The van der Waals surface area contributed by atoms with Crippen LogP contribution >= 0.6 is 0 Å². The molecule has 0 aromatic carbocycles. The van der Waals surface area contributed by atoms with Crippen molar-refractivity contribution in [1.29, 1.82) is 0 Å². The van der Waals surface area contributed by atoms with E-state index in [-0.39, 0.29) is 18.6 Å². The lowest BCUT2D eigenvalue weighted by Gasteiger charge is -2.43. The van der Waals surface area contributed by atoms with Crippen molar-refractivity contribution in [3.05, 3.63) is 0 Å². The summed E-state index contributed by atoms with van der Waals surface area (Å²) in [4.78, 5) is 26.8. The van der Waals surface area contributed by atoms with Crippen molar-refractivity contribution in [2.45, 2.75) is 52.0 Å². The van der Waals surface area contributed by atoms with Crippen LogP contribution in [0.5, 0.6) is 0 Å². The third-order valence-corrected chi connectivity index (χ3v) is 4.74. The molecule has 0 radical (unpaired) electrons. The Bertz CT molecular complexity index is 370. The van der Waals surface area contributed by atoms with Gasteiger partial charge in [0.25, 0.3) is 0 Å². The van der Waals surface area contributed by atoms with E-state index >= 15 is 0 Å². The van der Waals surface area contributed by atoms with Crippen molar-refractivity contribution in [2.75, 3.05) is 19.6 Å². The highest BCUT2D eigenvalue weighted by Gasteiger charge is 2.35. The Morgan fingerprint density at radius 3 is 2.45 bits per heavy atom. The first-order chi connectivity index (χ1) is 9.49. The minimum absolute atomic E-state index is 0.0809. The van der Waals surface area contributed by atoms with Crippen molar-refractivity contribution in [1.82, 2.24) is 9.80 Å². The SMILES string of the molecule is CC(C)N(CC(=O)O)C(=O)N1CCC2CCCCC2C1. The van der Waals surface area contributed by atoms with Crippen LogP contribution < -0.4 is 0 Å². The Labute approximate surface area is 120 Å². The molecule has 1 saturated heterocycles. The van der Waals surface area contributed by atoms with Crippen LogP contribution in [0.2, 0.25) is 0 Å². The number of amides is 2. The zero-order valence-corrected chi connectivity index (χ0v) is 12.5. The number of nitrogens with zero attached hydrogens (tertiary/aromatic N) is 2. The fourth-order valence-electron chi connectivity index (χ4n) is 3.57. The van der Waals surface area contributed by atoms with Crippen LogP contribution in [0, 0.1) is 11.8 Å². The summed E-state index contributed by atoms with van der Waals surface area (Å²) in [5.74, 6) is 0.458. The van der Waals surface area contributed by atoms with E-state index < -0.39 is 5.97 Å². The van der Waals surface area contributed by atoms with Crippen molar-refractivity contribution in [3.8, 4) is 0 Å². The first-order valence-corrected chi connectivity index (χ1v) is 7.76. The van der Waals surface area contributed by atoms with Crippen LogP contribution in [-0.4, -0.2) is 52.6 Å². The van der Waals surface area contributed by atoms with Gasteiger partial charge >= 0.3 is 12.0 Å². The van der Waals surface area contributed by atoms with Gasteiger partial charge in [-0.15, -0.1) is 0 Å². The molecule has 2 aliphatic rings. The highest BCUT2D eigenvalue weighted by molar-refractivity contribution is 5.80. The molecule has 2 atom stereocenters. The average Bonchev–Trinajstić information content (AvgIpc) is 2.43. The Hall–Kier alpha value is -1.26. The fraction of sp³-hybridized carbons (Fsp3) is 0.867. The van der Waals surface area contributed by atoms with E-state index in [0.717, 1.165) is 25.4 Å². The first kappa shape index (κ1) is 15.1. The van der Waals surface area contributed by atoms with Crippen LogP contribution in [0.4, 0.5) is 4.79 Å². The number of rotatable bonds is 3. The molecular formula is C15H26N2O3. The molecule has 1 aliphatic heterocycles. The molecule has 20 heavy (non-hydrogen) atoms. The average molecular weight is 282 g/mol. The molecule has 1 heterocycles. The van der Waals surface area contributed by atoms with Crippen LogP contribution in [0.25, 0.3) is 0 Å². The molecule has 1 N–H and O–H groups in total. The van der Waals surface area contributed by atoms with Gasteiger partial charge in [0.2, 0.25) is 0 Å². The minimum atomic E-state index is -0.945. The third-order valence-electron chi connectivity index (χ3n) is 4.74. The maximum Gasteiger partial charge on any atom is 0.323 e. The molecule has 2 amide bonds. The highest BCUT2D eigenvalue weighted by atomic mass is 16.4. The van der Waals surface area contributed by atoms with Crippen molar-refractivity contribution < 1.29 is 14.7 Å². The number of piperidine rings is 1. The van der Waals surface area contributed by atoms with Crippen LogP contribution in [0.15, 0.2) is 0 Å². The number of urea groups is 1. The third kappa shape index (κ3) is 3.44.